The molecule has 3 aromatic rings. The van der Waals surface area contributed by atoms with Crippen LogP contribution < -0.4 is 19.1 Å². The first-order valence-electron chi connectivity index (χ1n) is 12.6. The second-order valence-electron chi connectivity index (χ2n) is 10.2. The van der Waals surface area contributed by atoms with E-state index in [1.165, 1.54) is 31.3 Å². The number of benzene rings is 3. The van der Waals surface area contributed by atoms with E-state index in [4.69, 9.17) is 25.8 Å². The summed E-state index contributed by atoms with van der Waals surface area (Å²) in [6, 6.07) is 16.7. The lowest BCUT2D eigenvalue weighted by Gasteiger charge is -2.27. The van der Waals surface area contributed by atoms with E-state index in [0.29, 0.717) is 23.6 Å². The van der Waals surface area contributed by atoms with Gasteiger partial charge >= 0.3 is 0 Å². The molecule has 7 nitrogen and oxygen atoms in total. The van der Waals surface area contributed by atoms with Gasteiger partial charge in [0.2, 0.25) is 0 Å². The molecule has 0 saturated carbocycles. The van der Waals surface area contributed by atoms with E-state index in [2.05, 4.69) is 20.8 Å². The van der Waals surface area contributed by atoms with Gasteiger partial charge in [-0.25, -0.2) is 0 Å². The molecule has 0 aromatic heterocycles. The van der Waals surface area contributed by atoms with Crippen molar-refractivity contribution in [3.8, 4) is 17.2 Å². The number of ketones is 1. The molecule has 1 fully saturated rings. The molecule has 204 valence electrons. The standard InChI is InChI=1S/C31H32ClNO6/c1-7-39-21-10-8-9-20(15-21)33-27(18-11-13-19(14-12-18)31(2,3)4)26(29(35)30(33)36)28(34)22-16-25(38-6)23(32)17-24(22)37-5/h8-17,27,34H,7H2,1-6H3/b28-26+. The first kappa shape index (κ1) is 28.0. The molecule has 1 aliphatic rings. The van der Waals surface area contributed by atoms with Crippen LogP contribution in [0.1, 0.15) is 50.4 Å². The van der Waals surface area contributed by atoms with Crippen LogP contribution in [0.3, 0.4) is 0 Å². The molecule has 1 heterocycles. The number of hydrogen-bond acceptors (Lipinski definition) is 6. The Balaban J connectivity index is 1.98. The normalized spacial score (nSPS) is 16.9. The first-order chi connectivity index (χ1) is 18.5. The predicted octanol–water partition coefficient (Wildman–Crippen LogP) is 6.68. The molecule has 8 heteroatoms. The Hall–Kier alpha value is -3.97. The lowest BCUT2D eigenvalue weighted by atomic mass is 9.85. The van der Waals surface area contributed by atoms with Crippen LogP contribution >= 0.6 is 11.6 Å². The van der Waals surface area contributed by atoms with Gasteiger partial charge in [-0.3, -0.25) is 14.5 Å². The number of halogens is 1. The molecule has 0 spiro atoms. The molecule has 3 aromatic carbocycles. The summed E-state index contributed by atoms with van der Waals surface area (Å²) in [4.78, 5) is 28.6. The van der Waals surface area contributed by atoms with Crippen LogP contribution in [0.4, 0.5) is 5.69 Å². The van der Waals surface area contributed by atoms with Gasteiger partial charge in [0.05, 0.1) is 43.0 Å². The van der Waals surface area contributed by atoms with Gasteiger partial charge < -0.3 is 19.3 Å². The Bertz CT molecular complexity index is 1440. The largest absolute Gasteiger partial charge is 0.507 e. The minimum Gasteiger partial charge on any atom is -0.507 e. The molecule has 39 heavy (non-hydrogen) atoms. The van der Waals surface area contributed by atoms with Crippen LogP contribution in [-0.2, 0) is 15.0 Å². The number of Topliss-reactive ketones (excluding diaryl/α,β-unsaturated/α-hetero) is 1. The van der Waals surface area contributed by atoms with Gasteiger partial charge in [-0.1, -0.05) is 62.7 Å². The summed E-state index contributed by atoms with van der Waals surface area (Å²) < 4.78 is 16.4. The van der Waals surface area contributed by atoms with Crippen molar-refractivity contribution < 1.29 is 28.9 Å². The molecule has 0 radical (unpaired) electrons. The second kappa shape index (κ2) is 11.0. The highest BCUT2D eigenvalue weighted by Crippen LogP contribution is 2.45. The summed E-state index contributed by atoms with van der Waals surface area (Å²) in [7, 11) is 2.87. The number of rotatable bonds is 7. The van der Waals surface area contributed by atoms with Gasteiger partial charge in [0.15, 0.2) is 0 Å². The highest BCUT2D eigenvalue weighted by Gasteiger charge is 2.47. The lowest BCUT2D eigenvalue weighted by molar-refractivity contribution is -0.132. The molecular formula is C31H32ClNO6. The summed E-state index contributed by atoms with van der Waals surface area (Å²) in [6.45, 7) is 8.62. The summed E-state index contributed by atoms with van der Waals surface area (Å²) in [5.74, 6) is -0.921. The van der Waals surface area contributed by atoms with Crippen molar-refractivity contribution in [1.82, 2.24) is 0 Å². The van der Waals surface area contributed by atoms with Crippen LogP contribution in [-0.4, -0.2) is 37.6 Å². The van der Waals surface area contributed by atoms with E-state index in [1.807, 2.05) is 31.2 Å². The summed E-state index contributed by atoms with van der Waals surface area (Å²) in [5, 5.41) is 11.9. The van der Waals surface area contributed by atoms with Gasteiger partial charge in [-0.15, -0.1) is 0 Å². The van der Waals surface area contributed by atoms with Crippen molar-refractivity contribution >= 4 is 34.7 Å². The number of carbonyl (C=O) groups excluding carboxylic acids is 2. The highest BCUT2D eigenvalue weighted by molar-refractivity contribution is 6.51. The maximum Gasteiger partial charge on any atom is 0.300 e. The number of ether oxygens (including phenoxy) is 3. The fraction of sp³-hybridized carbons (Fsp3) is 0.290. The maximum absolute atomic E-state index is 13.6. The fourth-order valence-corrected chi connectivity index (χ4v) is 4.89. The topological polar surface area (TPSA) is 85.3 Å². The molecule has 0 aliphatic carbocycles. The van der Waals surface area contributed by atoms with Crippen LogP contribution in [0.25, 0.3) is 5.76 Å². The van der Waals surface area contributed by atoms with Gasteiger partial charge in [0.25, 0.3) is 11.7 Å². The van der Waals surface area contributed by atoms with Crippen molar-refractivity contribution in [1.29, 1.82) is 0 Å². The van der Waals surface area contributed by atoms with E-state index >= 15 is 0 Å². The Kier molecular flexibility index (Phi) is 7.93. The van der Waals surface area contributed by atoms with Crippen molar-refractivity contribution in [3.05, 3.63) is 87.9 Å². The highest BCUT2D eigenvalue weighted by atomic mass is 35.5. The average molecular weight is 550 g/mol. The molecule has 1 amide bonds. The fourth-order valence-electron chi connectivity index (χ4n) is 4.66. The van der Waals surface area contributed by atoms with E-state index < -0.39 is 23.5 Å². The number of hydrogen-bond donors (Lipinski definition) is 1. The average Bonchev–Trinajstić information content (AvgIpc) is 3.18. The van der Waals surface area contributed by atoms with Crippen LogP contribution in [0.15, 0.2) is 66.2 Å². The van der Waals surface area contributed by atoms with Gasteiger partial charge in [-0.05, 0) is 41.7 Å². The van der Waals surface area contributed by atoms with E-state index in [9.17, 15) is 14.7 Å². The van der Waals surface area contributed by atoms with E-state index in [1.54, 1.807) is 24.3 Å². The number of aliphatic hydroxyl groups excluding tert-OH is 1. The van der Waals surface area contributed by atoms with Crippen molar-refractivity contribution in [2.75, 3.05) is 25.7 Å². The zero-order valence-electron chi connectivity index (χ0n) is 22.9. The minimum absolute atomic E-state index is 0.0759. The molecule has 1 N–H and O–H groups in total. The number of anilines is 1. The molecule has 1 aliphatic heterocycles. The quantitative estimate of drug-likeness (QED) is 0.201. The maximum atomic E-state index is 13.6. The zero-order valence-corrected chi connectivity index (χ0v) is 23.6. The monoisotopic (exact) mass is 549 g/mol. The van der Waals surface area contributed by atoms with Crippen LogP contribution in [0.2, 0.25) is 5.02 Å². The summed E-state index contributed by atoms with van der Waals surface area (Å²) >= 11 is 6.27. The molecule has 1 atom stereocenters. The molecule has 1 saturated heterocycles. The number of carbonyl (C=O) groups is 2. The first-order valence-corrected chi connectivity index (χ1v) is 13.0. The third-order valence-electron chi connectivity index (χ3n) is 6.67. The summed E-state index contributed by atoms with van der Waals surface area (Å²) in [6.07, 6.45) is 0. The number of amides is 1. The summed E-state index contributed by atoms with van der Waals surface area (Å²) in [5.41, 5.74) is 2.22. The van der Waals surface area contributed by atoms with Crippen molar-refractivity contribution in [2.24, 2.45) is 0 Å². The molecular weight excluding hydrogens is 518 g/mol. The number of nitrogens with zero attached hydrogens (tertiary/aromatic N) is 1. The third kappa shape index (κ3) is 5.32. The van der Waals surface area contributed by atoms with Gasteiger partial charge in [-0.2, -0.15) is 0 Å². The molecule has 4 rings (SSSR count). The molecule has 1 unspecified atom stereocenters. The van der Waals surface area contributed by atoms with Crippen molar-refractivity contribution in [3.63, 3.8) is 0 Å². The number of methoxy groups -OCH3 is 2. The Morgan fingerprint density at radius 3 is 2.23 bits per heavy atom. The third-order valence-corrected chi connectivity index (χ3v) is 6.97. The second-order valence-corrected chi connectivity index (χ2v) is 10.6. The Morgan fingerprint density at radius 2 is 1.64 bits per heavy atom. The molecule has 0 bridgehead atoms. The lowest BCUT2D eigenvalue weighted by Crippen LogP contribution is -2.29. The van der Waals surface area contributed by atoms with E-state index in [-0.39, 0.29) is 33.1 Å². The van der Waals surface area contributed by atoms with Gasteiger partial charge in [0, 0.05) is 17.8 Å². The Morgan fingerprint density at radius 1 is 0.974 bits per heavy atom. The van der Waals surface area contributed by atoms with Crippen LogP contribution in [0, 0.1) is 0 Å². The van der Waals surface area contributed by atoms with Crippen molar-refractivity contribution in [2.45, 2.75) is 39.2 Å². The van der Waals surface area contributed by atoms with E-state index in [0.717, 1.165) is 5.56 Å². The van der Waals surface area contributed by atoms with Gasteiger partial charge in [0.1, 0.15) is 23.0 Å². The predicted molar refractivity (Wildman–Crippen MR) is 152 cm³/mol. The zero-order chi connectivity index (χ0) is 28.5. The SMILES string of the molecule is CCOc1cccc(N2C(=O)C(=O)/C(=C(/O)c3cc(OC)c(Cl)cc3OC)C2c2ccc(C(C)(C)C)cc2)c1. The smallest absolute Gasteiger partial charge is 0.300 e. The minimum atomic E-state index is -0.915. The van der Waals surface area contributed by atoms with Crippen LogP contribution in [0.5, 0.6) is 17.2 Å². The number of aliphatic hydroxyl groups is 1. The Labute approximate surface area is 233 Å².